The number of hydrogen-bond donors (Lipinski definition) is 0. The molecule has 0 amide bonds. The molecule has 1 fully saturated rings. The van der Waals surface area contributed by atoms with Gasteiger partial charge in [0, 0.05) is 13.0 Å². The average Bonchev–Trinajstić information content (AvgIpc) is 3.41. The zero-order valence-corrected chi connectivity index (χ0v) is 25.1. The van der Waals surface area contributed by atoms with E-state index in [-0.39, 0.29) is 18.4 Å². The van der Waals surface area contributed by atoms with Gasteiger partial charge in [-0.1, -0.05) is 134 Å². The van der Waals surface area contributed by atoms with Crippen molar-refractivity contribution in [3.05, 3.63) is 35.9 Å². The van der Waals surface area contributed by atoms with Crippen molar-refractivity contribution in [3.63, 3.8) is 0 Å². The van der Waals surface area contributed by atoms with E-state index < -0.39 is 0 Å². The van der Waals surface area contributed by atoms with Crippen molar-refractivity contribution >= 4 is 5.97 Å². The Labute approximate surface area is 239 Å². The van der Waals surface area contributed by atoms with Crippen LogP contribution in [0, 0.1) is 0 Å². The molecular weight excluding hydrogens is 488 g/mol. The number of rotatable bonds is 26. The molecule has 0 saturated carbocycles. The first-order chi connectivity index (χ1) is 19.3. The van der Waals surface area contributed by atoms with Crippen LogP contribution in [-0.2, 0) is 30.3 Å². The fraction of sp³-hybridized carbons (Fsp3) is 0.794. The Balaban J connectivity index is 1.30. The molecule has 39 heavy (non-hydrogen) atoms. The smallest absolute Gasteiger partial charge is 0.305 e. The fourth-order valence-electron chi connectivity index (χ4n) is 5.10. The van der Waals surface area contributed by atoms with E-state index >= 15 is 0 Å². The molecule has 2 atom stereocenters. The van der Waals surface area contributed by atoms with Crippen LogP contribution in [0.4, 0.5) is 0 Å². The second kappa shape index (κ2) is 24.4. The van der Waals surface area contributed by atoms with Crippen LogP contribution in [0.3, 0.4) is 0 Å². The molecule has 0 bridgehead atoms. The first-order valence-corrected chi connectivity index (χ1v) is 16.3. The molecule has 5 heteroatoms. The summed E-state index contributed by atoms with van der Waals surface area (Å²) in [5.41, 5.74) is 1.19. The van der Waals surface area contributed by atoms with Crippen LogP contribution in [0.5, 0.6) is 0 Å². The Bertz CT molecular complexity index is 679. The van der Waals surface area contributed by atoms with Crippen LogP contribution in [0.25, 0.3) is 0 Å². The summed E-state index contributed by atoms with van der Waals surface area (Å²) >= 11 is 0. The lowest BCUT2D eigenvalue weighted by atomic mass is 10.0. The Kier molecular flexibility index (Phi) is 21.1. The van der Waals surface area contributed by atoms with Gasteiger partial charge in [0.2, 0.25) is 0 Å². The van der Waals surface area contributed by atoms with E-state index in [1.165, 1.54) is 95.5 Å². The fourth-order valence-corrected chi connectivity index (χ4v) is 5.10. The van der Waals surface area contributed by atoms with Crippen LogP contribution in [0.15, 0.2) is 30.3 Å². The predicted molar refractivity (Wildman–Crippen MR) is 160 cm³/mol. The van der Waals surface area contributed by atoms with Crippen LogP contribution in [-0.4, -0.2) is 38.2 Å². The molecule has 0 aromatic heterocycles. The topological polar surface area (TPSA) is 54.0 Å². The summed E-state index contributed by atoms with van der Waals surface area (Å²) in [6, 6.07) is 10.2. The number of unbranched alkanes of at least 4 members (excludes halogenated alkanes) is 16. The van der Waals surface area contributed by atoms with Gasteiger partial charge in [-0.25, -0.2) is 0 Å². The number of carbonyl (C=O) groups excluding carboxylic acids is 1. The van der Waals surface area contributed by atoms with Gasteiger partial charge < -0.3 is 18.9 Å². The monoisotopic (exact) mass is 546 g/mol. The van der Waals surface area contributed by atoms with Crippen molar-refractivity contribution in [2.24, 2.45) is 0 Å². The van der Waals surface area contributed by atoms with Crippen molar-refractivity contribution in [2.75, 3.05) is 19.8 Å². The van der Waals surface area contributed by atoms with Crippen molar-refractivity contribution < 1.29 is 23.7 Å². The molecule has 1 aromatic rings. The SMILES string of the molecule is CCCCCCCCCCCCCCCCCC1OCC(COC(=O)CCCCCOCc2ccccc2)O1. The number of carbonyl (C=O) groups is 1. The highest BCUT2D eigenvalue weighted by molar-refractivity contribution is 5.69. The van der Waals surface area contributed by atoms with E-state index in [1.807, 2.05) is 18.2 Å². The first-order valence-electron chi connectivity index (χ1n) is 16.3. The quantitative estimate of drug-likeness (QED) is 0.0856. The van der Waals surface area contributed by atoms with Gasteiger partial charge in [0.25, 0.3) is 0 Å². The minimum atomic E-state index is -0.144. The molecule has 0 radical (unpaired) electrons. The summed E-state index contributed by atoms with van der Waals surface area (Å²) in [7, 11) is 0. The van der Waals surface area contributed by atoms with Crippen LogP contribution < -0.4 is 0 Å². The molecule has 1 aliphatic rings. The molecule has 0 aliphatic carbocycles. The highest BCUT2D eigenvalue weighted by atomic mass is 16.7. The van der Waals surface area contributed by atoms with E-state index in [1.54, 1.807) is 0 Å². The predicted octanol–water partition coefficient (Wildman–Crippen LogP) is 9.31. The molecule has 1 aliphatic heterocycles. The third-order valence-corrected chi connectivity index (χ3v) is 7.57. The molecule has 2 rings (SSSR count). The summed E-state index contributed by atoms with van der Waals surface area (Å²) in [6.45, 7) is 4.47. The zero-order chi connectivity index (χ0) is 27.6. The summed E-state index contributed by atoms with van der Waals surface area (Å²) in [5, 5.41) is 0. The molecule has 0 N–H and O–H groups in total. The van der Waals surface area contributed by atoms with E-state index in [9.17, 15) is 4.79 Å². The number of esters is 1. The highest BCUT2D eigenvalue weighted by Gasteiger charge is 2.26. The molecule has 1 saturated heterocycles. The Morgan fingerprint density at radius 3 is 2.00 bits per heavy atom. The molecule has 2 unspecified atom stereocenters. The molecule has 1 aromatic carbocycles. The summed E-state index contributed by atoms with van der Waals surface area (Å²) in [5.74, 6) is -0.144. The standard InChI is InChI=1S/C34H58O5/c1-2-3-4-5-6-7-8-9-10-11-12-13-14-15-21-26-34-38-30-32(39-34)29-37-33(35)25-20-17-22-27-36-28-31-23-18-16-19-24-31/h16,18-19,23-24,32,34H,2-15,17,20-22,25-30H2,1H3. The third-order valence-electron chi connectivity index (χ3n) is 7.57. The van der Waals surface area contributed by atoms with Gasteiger partial charge in [-0.05, 0) is 31.2 Å². The number of benzene rings is 1. The summed E-state index contributed by atoms with van der Waals surface area (Å²) < 4.78 is 22.8. The minimum Gasteiger partial charge on any atom is -0.463 e. The van der Waals surface area contributed by atoms with Crippen LogP contribution >= 0.6 is 0 Å². The second-order valence-corrected chi connectivity index (χ2v) is 11.3. The minimum absolute atomic E-state index is 0.123. The number of hydrogen-bond acceptors (Lipinski definition) is 5. The van der Waals surface area contributed by atoms with Crippen LogP contribution in [0.2, 0.25) is 0 Å². The van der Waals surface area contributed by atoms with Gasteiger partial charge in [0.15, 0.2) is 6.29 Å². The van der Waals surface area contributed by atoms with Crippen molar-refractivity contribution in [1.82, 2.24) is 0 Å². The lowest BCUT2D eigenvalue weighted by molar-refractivity contribution is -0.148. The van der Waals surface area contributed by atoms with Crippen molar-refractivity contribution in [1.29, 1.82) is 0 Å². The highest BCUT2D eigenvalue weighted by Crippen LogP contribution is 2.19. The largest absolute Gasteiger partial charge is 0.463 e. The Morgan fingerprint density at radius 2 is 1.36 bits per heavy atom. The maximum atomic E-state index is 12.0. The van der Waals surface area contributed by atoms with E-state index in [0.717, 1.165) is 38.7 Å². The summed E-state index contributed by atoms with van der Waals surface area (Å²) in [6.07, 6.45) is 24.5. The van der Waals surface area contributed by atoms with Gasteiger partial charge in [0.05, 0.1) is 13.2 Å². The second-order valence-electron chi connectivity index (χ2n) is 11.3. The van der Waals surface area contributed by atoms with Gasteiger partial charge >= 0.3 is 5.97 Å². The lowest BCUT2D eigenvalue weighted by Crippen LogP contribution is -2.21. The molecular formula is C34H58O5. The van der Waals surface area contributed by atoms with Gasteiger partial charge in [-0.3, -0.25) is 4.79 Å². The maximum Gasteiger partial charge on any atom is 0.305 e. The molecule has 1 heterocycles. The lowest BCUT2D eigenvalue weighted by Gasteiger charge is -2.12. The normalized spacial score (nSPS) is 17.1. The van der Waals surface area contributed by atoms with E-state index in [2.05, 4.69) is 19.1 Å². The van der Waals surface area contributed by atoms with Crippen molar-refractivity contribution in [2.45, 2.75) is 154 Å². The number of ether oxygens (including phenoxy) is 4. The molecule has 224 valence electrons. The van der Waals surface area contributed by atoms with E-state index in [4.69, 9.17) is 18.9 Å². The third kappa shape index (κ3) is 19.3. The zero-order valence-electron chi connectivity index (χ0n) is 25.1. The first kappa shape index (κ1) is 33.8. The Hall–Kier alpha value is -1.43. The van der Waals surface area contributed by atoms with Gasteiger partial charge in [0.1, 0.15) is 12.7 Å². The Morgan fingerprint density at radius 1 is 0.769 bits per heavy atom. The maximum absolute atomic E-state index is 12.0. The average molecular weight is 547 g/mol. The van der Waals surface area contributed by atoms with Gasteiger partial charge in [-0.2, -0.15) is 0 Å². The van der Waals surface area contributed by atoms with E-state index in [0.29, 0.717) is 26.2 Å². The van der Waals surface area contributed by atoms with Crippen molar-refractivity contribution in [3.8, 4) is 0 Å². The summed E-state index contributed by atoms with van der Waals surface area (Å²) in [4.78, 5) is 12.0. The molecule has 5 nitrogen and oxygen atoms in total. The molecule has 0 spiro atoms. The van der Waals surface area contributed by atoms with Gasteiger partial charge in [-0.15, -0.1) is 0 Å². The van der Waals surface area contributed by atoms with Crippen LogP contribution in [0.1, 0.15) is 141 Å².